The first-order chi connectivity index (χ1) is 15.5. The highest BCUT2D eigenvalue weighted by atomic mass is 32.1. The fourth-order valence-corrected chi connectivity index (χ4v) is 5.09. The number of morpholine rings is 1. The van der Waals surface area contributed by atoms with Crippen molar-refractivity contribution in [2.24, 2.45) is 5.92 Å². The molecule has 2 N–H and O–H groups in total. The normalized spacial score (nSPS) is 24.2. The number of amides is 3. The molecule has 9 heteroatoms. The first-order valence-electron chi connectivity index (χ1n) is 11.2. The van der Waals surface area contributed by atoms with E-state index in [1.807, 2.05) is 35.7 Å². The summed E-state index contributed by atoms with van der Waals surface area (Å²) in [6, 6.07) is 9.20. The van der Waals surface area contributed by atoms with Crippen LogP contribution in [0.25, 0.3) is 0 Å². The number of aromatic nitrogens is 1. The van der Waals surface area contributed by atoms with Crippen molar-refractivity contribution in [1.82, 2.24) is 14.8 Å². The Morgan fingerprint density at radius 3 is 2.62 bits per heavy atom. The van der Waals surface area contributed by atoms with Gasteiger partial charge in [0.1, 0.15) is 0 Å². The van der Waals surface area contributed by atoms with Crippen molar-refractivity contribution >= 4 is 34.1 Å². The van der Waals surface area contributed by atoms with Crippen LogP contribution in [0.3, 0.4) is 0 Å². The van der Waals surface area contributed by atoms with Crippen molar-refractivity contribution in [1.29, 1.82) is 0 Å². The molecule has 4 rings (SSSR count). The Labute approximate surface area is 193 Å². The summed E-state index contributed by atoms with van der Waals surface area (Å²) >= 11 is 1.45. The van der Waals surface area contributed by atoms with Gasteiger partial charge in [-0.3, -0.25) is 9.69 Å². The molecule has 1 aromatic carbocycles. The Morgan fingerprint density at radius 2 is 1.88 bits per heavy atom. The zero-order valence-corrected chi connectivity index (χ0v) is 19.4. The quantitative estimate of drug-likeness (QED) is 0.716. The average molecular weight is 458 g/mol. The van der Waals surface area contributed by atoms with Gasteiger partial charge in [0.15, 0.2) is 5.13 Å². The smallest absolute Gasteiger partial charge is 0.321 e. The molecule has 2 aliphatic heterocycles. The predicted octanol–water partition coefficient (Wildman–Crippen LogP) is 3.63. The van der Waals surface area contributed by atoms with Gasteiger partial charge in [-0.05, 0) is 38.8 Å². The summed E-state index contributed by atoms with van der Waals surface area (Å²) in [4.78, 5) is 34.1. The molecule has 0 bridgehead atoms. The lowest BCUT2D eigenvalue weighted by Crippen LogP contribution is -2.45. The van der Waals surface area contributed by atoms with Crippen LogP contribution in [0.4, 0.5) is 15.6 Å². The van der Waals surface area contributed by atoms with E-state index in [1.165, 1.54) is 11.3 Å². The van der Waals surface area contributed by atoms with Crippen LogP contribution in [0.15, 0.2) is 35.7 Å². The third-order valence-corrected chi connectivity index (χ3v) is 6.57. The Kier molecular flexibility index (Phi) is 7.39. The summed E-state index contributed by atoms with van der Waals surface area (Å²) in [7, 11) is 0. The summed E-state index contributed by atoms with van der Waals surface area (Å²) < 4.78 is 5.79. The molecule has 0 aliphatic carbocycles. The van der Waals surface area contributed by atoms with Crippen LogP contribution in [0.1, 0.15) is 32.4 Å². The Morgan fingerprint density at radius 1 is 1.12 bits per heavy atom. The lowest BCUT2D eigenvalue weighted by molar-refractivity contribution is -0.121. The number of ether oxygens (including phenoxy) is 1. The topological polar surface area (TPSA) is 86.8 Å². The minimum atomic E-state index is -0.237. The second kappa shape index (κ2) is 10.4. The zero-order chi connectivity index (χ0) is 22.5. The van der Waals surface area contributed by atoms with Gasteiger partial charge in [0.2, 0.25) is 5.91 Å². The highest BCUT2D eigenvalue weighted by Crippen LogP contribution is 2.23. The van der Waals surface area contributed by atoms with Crippen LogP contribution in [-0.4, -0.2) is 65.1 Å². The third-order valence-electron chi connectivity index (χ3n) is 5.77. The van der Waals surface area contributed by atoms with E-state index < -0.39 is 0 Å². The molecular formula is C23H31N5O3S. The number of anilines is 2. The second-order valence-electron chi connectivity index (χ2n) is 8.67. The summed E-state index contributed by atoms with van der Waals surface area (Å²) in [6.45, 7) is 7.75. The Bertz CT molecular complexity index is 911. The van der Waals surface area contributed by atoms with Gasteiger partial charge in [-0.2, -0.15) is 0 Å². The summed E-state index contributed by atoms with van der Waals surface area (Å²) in [5, 5.41) is 8.48. The number of hydrogen-bond donors (Lipinski definition) is 2. The van der Waals surface area contributed by atoms with Crippen LogP contribution in [0.2, 0.25) is 0 Å². The van der Waals surface area contributed by atoms with Gasteiger partial charge in [0, 0.05) is 43.8 Å². The maximum Gasteiger partial charge on any atom is 0.321 e. The van der Waals surface area contributed by atoms with E-state index >= 15 is 0 Å². The largest absolute Gasteiger partial charge is 0.373 e. The SMILES string of the molecule is CC1CN(Cc2csc(NC(=O)C3CCCN(C(=O)Nc4ccccc4)C3)n2)CC(C)O1. The second-order valence-corrected chi connectivity index (χ2v) is 9.52. The van der Waals surface area contributed by atoms with Crippen molar-refractivity contribution in [3.63, 3.8) is 0 Å². The number of para-hydroxylation sites is 1. The molecule has 1 aromatic heterocycles. The summed E-state index contributed by atoms with van der Waals surface area (Å²) in [6.07, 6.45) is 1.99. The lowest BCUT2D eigenvalue weighted by Gasteiger charge is -2.34. The molecule has 3 unspecified atom stereocenters. The molecule has 3 atom stereocenters. The van der Waals surface area contributed by atoms with Gasteiger partial charge in [0.25, 0.3) is 0 Å². The van der Waals surface area contributed by atoms with Crippen LogP contribution in [0.5, 0.6) is 0 Å². The van der Waals surface area contributed by atoms with Gasteiger partial charge in [0.05, 0.1) is 23.8 Å². The van der Waals surface area contributed by atoms with E-state index in [9.17, 15) is 9.59 Å². The van der Waals surface area contributed by atoms with Crippen molar-refractivity contribution in [2.45, 2.75) is 45.4 Å². The van der Waals surface area contributed by atoms with Gasteiger partial charge >= 0.3 is 6.03 Å². The number of carbonyl (C=O) groups excluding carboxylic acids is 2. The number of urea groups is 1. The molecule has 172 valence electrons. The number of carbonyl (C=O) groups is 2. The van der Waals surface area contributed by atoms with Crippen LogP contribution < -0.4 is 10.6 Å². The highest BCUT2D eigenvalue weighted by molar-refractivity contribution is 7.13. The van der Waals surface area contributed by atoms with Crippen LogP contribution >= 0.6 is 11.3 Å². The average Bonchev–Trinajstić information content (AvgIpc) is 3.20. The molecule has 2 aromatic rings. The standard InChI is InChI=1S/C23H31N5O3S/c1-16-11-27(12-17(2)31-16)14-20-15-32-22(24-20)26-21(29)18-7-6-10-28(13-18)23(30)25-19-8-4-3-5-9-19/h3-5,8-9,15-18H,6-7,10-14H2,1-2H3,(H,25,30)(H,24,26,29). The molecule has 0 spiro atoms. The number of benzene rings is 1. The number of nitrogens with zero attached hydrogens (tertiary/aromatic N) is 3. The summed E-state index contributed by atoms with van der Waals surface area (Å²) in [5.74, 6) is -0.310. The minimum absolute atomic E-state index is 0.0725. The van der Waals surface area contributed by atoms with E-state index in [1.54, 1.807) is 4.90 Å². The van der Waals surface area contributed by atoms with E-state index in [4.69, 9.17) is 4.74 Å². The maximum atomic E-state index is 12.8. The van der Waals surface area contributed by atoms with E-state index in [0.717, 1.165) is 43.9 Å². The Balaban J connectivity index is 1.28. The van der Waals surface area contributed by atoms with E-state index in [0.29, 0.717) is 18.2 Å². The monoisotopic (exact) mass is 457 g/mol. The van der Waals surface area contributed by atoms with Crippen molar-refractivity contribution < 1.29 is 14.3 Å². The lowest BCUT2D eigenvalue weighted by atomic mass is 9.97. The molecule has 0 saturated carbocycles. The Hall–Kier alpha value is -2.49. The van der Waals surface area contributed by atoms with Crippen molar-refractivity contribution in [3.05, 3.63) is 41.4 Å². The molecule has 32 heavy (non-hydrogen) atoms. The van der Waals surface area contributed by atoms with E-state index in [-0.39, 0.29) is 30.1 Å². The highest BCUT2D eigenvalue weighted by Gasteiger charge is 2.29. The van der Waals surface area contributed by atoms with Gasteiger partial charge in [-0.15, -0.1) is 11.3 Å². The molecule has 3 heterocycles. The number of thiazole rings is 1. The fourth-order valence-electron chi connectivity index (χ4n) is 4.39. The number of piperidine rings is 1. The fraction of sp³-hybridized carbons (Fsp3) is 0.522. The third kappa shape index (κ3) is 6.05. The minimum Gasteiger partial charge on any atom is -0.373 e. The van der Waals surface area contributed by atoms with Gasteiger partial charge in [-0.1, -0.05) is 18.2 Å². The molecule has 2 fully saturated rings. The molecule has 8 nitrogen and oxygen atoms in total. The molecular weight excluding hydrogens is 426 g/mol. The van der Waals surface area contributed by atoms with Crippen molar-refractivity contribution in [3.8, 4) is 0 Å². The maximum absolute atomic E-state index is 12.8. The first-order valence-corrected chi connectivity index (χ1v) is 12.1. The first kappa shape index (κ1) is 22.7. The number of rotatable bonds is 5. The zero-order valence-electron chi connectivity index (χ0n) is 18.6. The summed E-state index contributed by atoms with van der Waals surface area (Å²) in [5.41, 5.74) is 1.71. The van der Waals surface area contributed by atoms with Gasteiger partial charge in [-0.25, -0.2) is 9.78 Å². The van der Waals surface area contributed by atoms with Crippen LogP contribution in [-0.2, 0) is 16.1 Å². The van der Waals surface area contributed by atoms with Gasteiger partial charge < -0.3 is 20.3 Å². The molecule has 0 radical (unpaired) electrons. The molecule has 3 amide bonds. The number of likely N-dealkylation sites (tertiary alicyclic amines) is 1. The number of nitrogens with one attached hydrogen (secondary N) is 2. The number of hydrogen-bond acceptors (Lipinski definition) is 6. The van der Waals surface area contributed by atoms with E-state index in [2.05, 4.69) is 34.4 Å². The van der Waals surface area contributed by atoms with Crippen molar-refractivity contribution in [2.75, 3.05) is 36.8 Å². The van der Waals surface area contributed by atoms with Crippen LogP contribution in [0, 0.1) is 5.92 Å². The molecule has 2 aliphatic rings. The molecule has 2 saturated heterocycles. The predicted molar refractivity (Wildman–Crippen MR) is 126 cm³/mol.